The number of hydrogen-bond acceptors (Lipinski definition) is 8. The molecule has 1 heterocycles. The molecular formula is C21H37NaO7S. The van der Waals surface area contributed by atoms with Gasteiger partial charge in [-0.05, 0) is 31.3 Å². The fourth-order valence-corrected chi connectivity index (χ4v) is 4.76. The molecule has 30 heavy (non-hydrogen) atoms. The topological polar surface area (TPSA) is 86.3 Å². The minimum absolute atomic E-state index is 0. The third kappa shape index (κ3) is 8.98. The first-order chi connectivity index (χ1) is 14.0. The minimum Gasteiger partial charge on any atom is -0.691 e. The van der Waals surface area contributed by atoms with Crippen molar-refractivity contribution in [2.45, 2.75) is 90.2 Å². The molecule has 0 amide bonds. The molecular weight excluding hydrogens is 419 g/mol. The van der Waals surface area contributed by atoms with Crippen LogP contribution in [-0.4, -0.2) is 23.9 Å². The summed E-state index contributed by atoms with van der Waals surface area (Å²) in [4.78, 5) is 23.3. The molecule has 0 saturated heterocycles. The van der Waals surface area contributed by atoms with Crippen molar-refractivity contribution in [1.82, 2.24) is 0 Å². The number of esters is 1. The smallest absolute Gasteiger partial charge is 0.691 e. The van der Waals surface area contributed by atoms with E-state index in [2.05, 4.69) is 25.8 Å². The average molecular weight is 457 g/mol. The van der Waals surface area contributed by atoms with Crippen LogP contribution < -0.4 is 34.8 Å². The molecule has 3 atom stereocenters. The van der Waals surface area contributed by atoms with E-state index < -0.39 is 10.2 Å². The Labute approximate surface area is 207 Å². The minimum atomic E-state index is -0.903. The Hall–Kier alpha value is 0.200. The van der Waals surface area contributed by atoms with Gasteiger partial charge in [-0.1, -0.05) is 59.8 Å². The van der Waals surface area contributed by atoms with Crippen LogP contribution >= 0.6 is 12.0 Å². The fourth-order valence-electron chi connectivity index (χ4n) is 3.84. The molecule has 1 aliphatic rings. The zero-order chi connectivity index (χ0) is 21.6. The van der Waals surface area contributed by atoms with Crippen molar-refractivity contribution >= 4 is 18.0 Å². The van der Waals surface area contributed by atoms with Gasteiger partial charge in [0.2, 0.25) is 0 Å². The summed E-state index contributed by atoms with van der Waals surface area (Å²) in [6.45, 7) is 9.08. The van der Waals surface area contributed by atoms with E-state index in [0.717, 1.165) is 57.0 Å². The van der Waals surface area contributed by atoms with Gasteiger partial charge in [0.1, 0.15) is 12.9 Å². The summed E-state index contributed by atoms with van der Waals surface area (Å²) < 4.78 is 9.50. The maximum atomic E-state index is 12.8. The number of carbonyl (C=O) groups excluding carboxylic acids is 1. The molecule has 0 aromatic carbocycles. The van der Waals surface area contributed by atoms with E-state index in [-0.39, 0.29) is 48.6 Å². The van der Waals surface area contributed by atoms with Gasteiger partial charge in [0, 0.05) is 17.5 Å². The maximum absolute atomic E-state index is 12.8. The van der Waals surface area contributed by atoms with E-state index in [1.165, 1.54) is 6.26 Å². The van der Waals surface area contributed by atoms with Crippen LogP contribution in [0.3, 0.4) is 0 Å². The van der Waals surface area contributed by atoms with Crippen LogP contribution in [0.15, 0.2) is 12.3 Å². The molecule has 0 bridgehead atoms. The Bertz CT molecular complexity index is 494. The zero-order valence-electron chi connectivity index (χ0n) is 19.3. The quantitative estimate of drug-likeness (QED) is 0.121. The average Bonchev–Trinajstić information content (AvgIpc) is 2.90. The summed E-state index contributed by atoms with van der Waals surface area (Å²) in [5.74, 6) is 0.0268. The Morgan fingerprint density at radius 2 is 1.97 bits per heavy atom. The van der Waals surface area contributed by atoms with E-state index in [1.54, 1.807) is 6.08 Å². The molecule has 0 fully saturated rings. The molecule has 0 aliphatic carbocycles. The molecule has 3 unspecified atom stereocenters. The molecule has 0 aromatic heterocycles. The number of hydrogen-bond donors (Lipinski definition) is 0. The number of unbranched alkanes of at least 4 members (excludes halogenated alkanes) is 2. The molecule has 170 valence electrons. The predicted molar refractivity (Wildman–Crippen MR) is 110 cm³/mol. The van der Waals surface area contributed by atoms with Crippen LogP contribution in [0.1, 0.15) is 85.5 Å². The Morgan fingerprint density at radius 3 is 2.57 bits per heavy atom. The Balaban J connectivity index is 0.00000841. The monoisotopic (exact) mass is 456 g/mol. The van der Waals surface area contributed by atoms with Crippen LogP contribution in [0.5, 0.6) is 0 Å². The predicted octanol–water partition coefficient (Wildman–Crippen LogP) is 1.81. The normalized spacial score (nSPS) is 24.4. The second-order valence-corrected chi connectivity index (χ2v) is 8.82. The van der Waals surface area contributed by atoms with Crippen molar-refractivity contribution in [3.05, 3.63) is 12.3 Å². The molecule has 0 aromatic rings. The first-order valence-electron chi connectivity index (χ1n) is 10.8. The second kappa shape index (κ2) is 16.8. The molecule has 1 aliphatic heterocycles. The largest absolute Gasteiger partial charge is 1.00 e. The van der Waals surface area contributed by atoms with Gasteiger partial charge in [-0.25, -0.2) is 0 Å². The third-order valence-electron chi connectivity index (χ3n) is 6.02. The van der Waals surface area contributed by atoms with Gasteiger partial charge in [0.15, 0.2) is 0 Å². The summed E-state index contributed by atoms with van der Waals surface area (Å²) >= 11 is 0.840. The number of rotatable bonds is 15. The third-order valence-corrected chi connectivity index (χ3v) is 7.15. The van der Waals surface area contributed by atoms with Crippen molar-refractivity contribution in [3.63, 3.8) is 0 Å². The Kier molecular flexibility index (Phi) is 16.9. The first kappa shape index (κ1) is 30.2. The van der Waals surface area contributed by atoms with Gasteiger partial charge in [-0.3, -0.25) is 9.83 Å². The van der Waals surface area contributed by atoms with E-state index in [4.69, 9.17) is 18.8 Å². The molecule has 0 spiro atoms. The summed E-state index contributed by atoms with van der Waals surface area (Å²) in [5.41, 5.74) is -0.482. The first-order valence-corrected chi connectivity index (χ1v) is 11.5. The van der Waals surface area contributed by atoms with Crippen molar-refractivity contribution in [2.24, 2.45) is 11.3 Å². The summed E-state index contributed by atoms with van der Waals surface area (Å²) in [7, 11) is 0. The van der Waals surface area contributed by atoms with Crippen LogP contribution in [-0.2, 0) is 28.7 Å². The molecule has 0 saturated carbocycles. The maximum Gasteiger partial charge on any atom is 1.00 e. The Morgan fingerprint density at radius 1 is 1.23 bits per heavy atom. The van der Waals surface area contributed by atoms with E-state index in [1.807, 2.05) is 6.92 Å². The van der Waals surface area contributed by atoms with E-state index >= 15 is 0 Å². The van der Waals surface area contributed by atoms with Gasteiger partial charge >= 0.3 is 35.5 Å². The zero-order valence-corrected chi connectivity index (χ0v) is 22.1. The van der Waals surface area contributed by atoms with Gasteiger partial charge in [0.05, 0.1) is 17.8 Å². The molecule has 0 N–H and O–H groups in total. The molecule has 0 radical (unpaired) electrons. The van der Waals surface area contributed by atoms with Gasteiger partial charge in [0.25, 0.3) is 0 Å². The van der Waals surface area contributed by atoms with Crippen LogP contribution in [0, 0.1) is 11.3 Å². The summed E-state index contributed by atoms with van der Waals surface area (Å²) in [6.07, 6.45) is 10.8. The SMILES string of the molecule is CCCCC(CC)COC(=O)CC1(SOO[O-])C=COOCC1(CC)CCCC.[Na+]. The van der Waals surface area contributed by atoms with Crippen molar-refractivity contribution < 1.29 is 63.5 Å². The van der Waals surface area contributed by atoms with Crippen molar-refractivity contribution in [2.75, 3.05) is 13.2 Å². The summed E-state index contributed by atoms with van der Waals surface area (Å²) in [6, 6.07) is 0. The van der Waals surface area contributed by atoms with Crippen LogP contribution in [0.4, 0.5) is 0 Å². The molecule has 9 heteroatoms. The second-order valence-electron chi connectivity index (χ2n) is 7.78. The molecule has 7 nitrogen and oxygen atoms in total. The van der Waals surface area contributed by atoms with Gasteiger partial charge < -0.3 is 14.9 Å². The van der Waals surface area contributed by atoms with Gasteiger partial charge in [-0.2, -0.15) is 9.22 Å². The van der Waals surface area contributed by atoms with E-state index in [9.17, 15) is 10.1 Å². The molecule has 1 rings (SSSR count). The van der Waals surface area contributed by atoms with Crippen molar-refractivity contribution in [3.8, 4) is 0 Å². The standard InChI is InChI=1S/C21H38O7S.Na/c1-5-9-11-18(7-3)16-24-19(22)15-21(29-28-27-23)13-14-25-26-17-20(21,8-4)12-10-6-2;/h13-14,18,23H,5-12,15-17H2,1-4H3;/q;+1/p-1. The van der Waals surface area contributed by atoms with Gasteiger partial charge in [-0.15, -0.1) is 0 Å². The summed E-state index contributed by atoms with van der Waals surface area (Å²) in [5, 5.41) is 14.2. The number of carbonyl (C=O) groups is 1. The van der Waals surface area contributed by atoms with E-state index in [0.29, 0.717) is 18.9 Å². The number of ether oxygens (including phenoxy) is 1. The van der Waals surface area contributed by atoms with Crippen molar-refractivity contribution in [1.29, 1.82) is 0 Å². The van der Waals surface area contributed by atoms with Crippen LogP contribution in [0.25, 0.3) is 0 Å². The fraction of sp³-hybridized carbons (Fsp3) is 0.857. The van der Waals surface area contributed by atoms with Crippen LogP contribution in [0.2, 0.25) is 0 Å².